The van der Waals surface area contributed by atoms with Crippen molar-refractivity contribution in [2.75, 3.05) is 11.8 Å². The molecule has 0 saturated heterocycles. The highest BCUT2D eigenvalue weighted by molar-refractivity contribution is 7.87. The van der Waals surface area contributed by atoms with Crippen molar-refractivity contribution in [3.05, 3.63) is 84.3 Å². The van der Waals surface area contributed by atoms with Crippen molar-refractivity contribution < 1.29 is 13.0 Å². The summed E-state index contributed by atoms with van der Waals surface area (Å²) in [7, 11) is 0.438. The zero-order chi connectivity index (χ0) is 24.5. The molecule has 0 aliphatic heterocycles. The molecule has 1 fully saturated rings. The molecule has 4 aromatic rings. The van der Waals surface area contributed by atoms with Gasteiger partial charge in [-0.3, -0.25) is 9.56 Å². The van der Waals surface area contributed by atoms with Crippen LogP contribution < -0.4 is 10.5 Å². The Kier molecular flexibility index (Phi) is 6.17. The van der Waals surface area contributed by atoms with E-state index in [-0.39, 0.29) is 10.8 Å². The van der Waals surface area contributed by atoms with Crippen LogP contribution in [0.2, 0.25) is 0 Å². The topological polar surface area (TPSA) is 85.3 Å². The summed E-state index contributed by atoms with van der Waals surface area (Å²) in [6, 6.07) is 14.6. The fraction of sp³-hybridized carbons (Fsp3) is 0.154. The fourth-order valence-electron chi connectivity index (χ4n) is 3.92. The molecule has 1 atom stereocenters. The van der Waals surface area contributed by atoms with Gasteiger partial charge in [-0.25, -0.2) is 18.0 Å². The highest BCUT2D eigenvalue weighted by Gasteiger charge is 2.28. The average molecular weight is 492 g/mol. The maximum atomic E-state index is 14.6. The number of imidazole rings is 1. The molecule has 0 amide bonds. The maximum Gasteiger partial charge on any atom is 0.133 e. The lowest BCUT2D eigenvalue weighted by atomic mass is 10.0. The van der Waals surface area contributed by atoms with E-state index in [4.69, 9.17) is 5.73 Å². The maximum absolute atomic E-state index is 14.6. The summed E-state index contributed by atoms with van der Waals surface area (Å²) in [6.07, 6.45) is 6.67. The predicted octanol–water partition coefficient (Wildman–Crippen LogP) is 5.21. The van der Waals surface area contributed by atoms with Crippen molar-refractivity contribution in [1.82, 2.24) is 9.55 Å². The van der Waals surface area contributed by atoms with Crippen molar-refractivity contribution in [2.45, 2.75) is 18.1 Å². The second-order valence-electron chi connectivity index (χ2n) is 8.32. The average Bonchev–Trinajstić information content (AvgIpc) is 3.61. The molecule has 3 N–H and O–H groups in total. The highest BCUT2D eigenvalue weighted by Crippen LogP contribution is 2.33. The van der Waals surface area contributed by atoms with E-state index in [2.05, 4.69) is 14.7 Å². The minimum Gasteiger partial charge on any atom is -0.404 e. The van der Waals surface area contributed by atoms with Crippen LogP contribution in [0.4, 0.5) is 14.5 Å². The SMILES string of the molecule is CN=C/C(=C\N)c1ccc2c(c1)ncn2-c1cc(NS(=O)C2CC2)cc(-c2ccc(F)cc2F)c1. The predicted molar refractivity (Wildman–Crippen MR) is 138 cm³/mol. The molecule has 178 valence electrons. The van der Waals surface area contributed by atoms with E-state index in [1.54, 1.807) is 31.7 Å². The second kappa shape index (κ2) is 9.42. The number of halogens is 2. The van der Waals surface area contributed by atoms with Crippen LogP contribution in [0.1, 0.15) is 18.4 Å². The minimum absolute atomic E-state index is 0.119. The summed E-state index contributed by atoms with van der Waals surface area (Å²) in [5.74, 6) is -1.32. The Balaban J connectivity index is 1.62. The highest BCUT2D eigenvalue weighted by atomic mass is 32.2. The van der Waals surface area contributed by atoms with Gasteiger partial charge in [-0.2, -0.15) is 0 Å². The summed E-state index contributed by atoms with van der Waals surface area (Å²) in [4.78, 5) is 8.57. The zero-order valence-corrected chi connectivity index (χ0v) is 19.7. The van der Waals surface area contributed by atoms with E-state index in [1.807, 2.05) is 28.8 Å². The molecule has 1 saturated carbocycles. The molecule has 35 heavy (non-hydrogen) atoms. The number of benzene rings is 3. The summed E-state index contributed by atoms with van der Waals surface area (Å²) in [5.41, 5.74) is 11.0. The van der Waals surface area contributed by atoms with Crippen LogP contribution in [0.5, 0.6) is 0 Å². The molecule has 1 aliphatic carbocycles. The van der Waals surface area contributed by atoms with Crippen LogP contribution in [0.3, 0.4) is 0 Å². The molecule has 3 aromatic carbocycles. The molecule has 0 spiro atoms. The van der Waals surface area contributed by atoms with E-state index in [0.29, 0.717) is 16.9 Å². The number of fused-ring (bicyclic) bond motifs is 1. The molecule has 0 bridgehead atoms. The van der Waals surface area contributed by atoms with Crippen LogP contribution in [-0.4, -0.2) is 32.3 Å². The Morgan fingerprint density at radius 3 is 2.71 bits per heavy atom. The van der Waals surface area contributed by atoms with Crippen LogP contribution in [0.25, 0.3) is 33.4 Å². The number of nitrogens with one attached hydrogen (secondary N) is 1. The lowest BCUT2D eigenvalue weighted by Crippen LogP contribution is -2.09. The van der Waals surface area contributed by atoms with Gasteiger partial charge in [0.15, 0.2) is 0 Å². The van der Waals surface area contributed by atoms with E-state index in [1.165, 1.54) is 18.3 Å². The molecule has 5 rings (SSSR count). The number of rotatable bonds is 7. The smallest absolute Gasteiger partial charge is 0.133 e. The van der Waals surface area contributed by atoms with Gasteiger partial charge < -0.3 is 10.5 Å². The number of hydrogen-bond acceptors (Lipinski definition) is 4. The number of aliphatic imine (C=N–C) groups is 1. The van der Waals surface area contributed by atoms with Gasteiger partial charge in [0.2, 0.25) is 0 Å². The number of anilines is 1. The van der Waals surface area contributed by atoms with E-state index in [0.717, 1.165) is 41.1 Å². The first-order valence-electron chi connectivity index (χ1n) is 11.1. The van der Waals surface area contributed by atoms with Crippen LogP contribution in [-0.2, 0) is 11.0 Å². The fourth-order valence-corrected chi connectivity index (χ4v) is 5.00. The Hall–Kier alpha value is -3.85. The van der Waals surface area contributed by atoms with E-state index >= 15 is 0 Å². The van der Waals surface area contributed by atoms with Crippen LogP contribution >= 0.6 is 0 Å². The molecule has 6 nitrogen and oxygen atoms in total. The van der Waals surface area contributed by atoms with Gasteiger partial charge in [0.05, 0.1) is 16.3 Å². The van der Waals surface area contributed by atoms with Gasteiger partial charge in [0.25, 0.3) is 0 Å². The second-order valence-corrected chi connectivity index (χ2v) is 9.78. The number of aromatic nitrogens is 2. The molecule has 1 unspecified atom stereocenters. The molecule has 9 heteroatoms. The van der Waals surface area contributed by atoms with Crippen LogP contribution in [0.15, 0.2) is 72.1 Å². The Labute approximate surface area is 203 Å². The Bertz CT molecular complexity index is 1510. The number of nitrogens with zero attached hydrogens (tertiary/aromatic N) is 3. The summed E-state index contributed by atoms with van der Waals surface area (Å²) < 4.78 is 45.6. The number of allylic oxidation sites excluding steroid dienone is 1. The third kappa shape index (κ3) is 4.72. The number of hydrogen-bond donors (Lipinski definition) is 2. The third-order valence-corrected chi connectivity index (χ3v) is 7.33. The lowest BCUT2D eigenvalue weighted by Gasteiger charge is -2.13. The summed E-state index contributed by atoms with van der Waals surface area (Å²) in [6.45, 7) is 0. The van der Waals surface area contributed by atoms with Gasteiger partial charge in [0, 0.05) is 48.0 Å². The summed E-state index contributed by atoms with van der Waals surface area (Å²) in [5, 5.41) is 0.119. The lowest BCUT2D eigenvalue weighted by molar-refractivity contribution is 0.585. The Morgan fingerprint density at radius 2 is 2.00 bits per heavy atom. The zero-order valence-electron chi connectivity index (χ0n) is 18.9. The standard InChI is InChI=1S/C26H23F2N5OS/c1-30-14-18(13-29)16-2-7-26-25(10-16)31-15-33(26)21-9-17(23-6-3-19(27)11-24(23)28)8-20(12-21)32-35(34)22-4-5-22/h2-3,6-15,22,32H,4-5,29H2,1H3/b18-13+,30-14?. The molecule has 1 aliphatic rings. The van der Waals surface area contributed by atoms with Crippen molar-refractivity contribution in [1.29, 1.82) is 0 Å². The first-order chi connectivity index (χ1) is 17.0. The molecule has 1 aromatic heterocycles. The molecular weight excluding hydrogens is 468 g/mol. The quantitative estimate of drug-likeness (QED) is 0.348. The van der Waals surface area contributed by atoms with Gasteiger partial charge in [-0.1, -0.05) is 6.07 Å². The van der Waals surface area contributed by atoms with Gasteiger partial charge in [-0.05, 0) is 66.4 Å². The monoisotopic (exact) mass is 491 g/mol. The van der Waals surface area contributed by atoms with E-state index in [9.17, 15) is 13.0 Å². The van der Waals surface area contributed by atoms with Crippen molar-refractivity contribution >= 4 is 39.5 Å². The number of nitrogens with two attached hydrogens (primary N) is 1. The van der Waals surface area contributed by atoms with Gasteiger partial charge in [-0.15, -0.1) is 0 Å². The third-order valence-electron chi connectivity index (χ3n) is 5.81. The first-order valence-corrected chi connectivity index (χ1v) is 12.3. The largest absolute Gasteiger partial charge is 0.404 e. The molecule has 0 radical (unpaired) electrons. The van der Waals surface area contributed by atoms with Crippen molar-refractivity contribution in [3.63, 3.8) is 0 Å². The molecular formula is C26H23F2N5OS. The first kappa shape index (κ1) is 22.9. The molecule has 1 heterocycles. The Morgan fingerprint density at radius 1 is 1.17 bits per heavy atom. The normalized spacial score (nSPS) is 15.1. The van der Waals surface area contributed by atoms with E-state index < -0.39 is 22.6 Å². The van der Waals surface area contributed by atoms with Crippen molar-refractivity contribution in [3.8, 4) is 16.8 Å². The summed E-state index contributed by atoms with van der Waals surface area (Å²) >= 11 is 0. The van der Waals surface area contributed by atoms with Crippen molar-refractivity contribution in [2.24, 2.45) is 10.7 Å². The van der Waals surface area contributed by atoms with Gasteiger partial charge >= 0.3 is 0 Å². The van der Waals surface area contributed by atoms with Crippen LogP contribution in [0, 0.1) is 11.6 Å². The van der Waals surface area contributed by atoms with Gasteiger partial charge in [0.1, 0.15) is 28.9 Å². The minimum atomic E-state index is -1.24.